The normalized spacial score (nSPS) is 26.9. The van der Waals surface area contributed by atoms with Gasteiger partial charge in [0.15, 0.2) is 0 Å². The molecule has 72 valence electrons. The second-order valence-electron chi connectivity index (χ2n) is 3.11. The van der Waals surface area contributed by atoms with Crippen LogP contribution < -0.4 is 0 Å². The summed E-state index contributed by atoms with van der Waals surface area (Å²) in [7, 11) is 0. The van der Waals surface area contributed by atoms with Gasteiger partial charge < -0.3 is 9.84 Å². The summed E-state index contributed by atoms with van der Waals surface area (Å²) in [5.74, 6) is -1.82. The van der Waals surface area contributed by atoms with Crippen molar-refractivity contribution in [1.82, 2.24) is 0 Å². The zero-order chi connectivity index (χ0) is 9.84. The highest BCUT2D eigenvalue weighted by molar-refractivity contribution is 5.80. The molecule has 1 aliphatic rings. The first-order valence-electron chi connectivity index (χ1n) is 4.16. The molecule has 0 amide bonds. The quantitative estimate of drug-likeness (QED) is 0.522. The first-order valence-corrected chi connectivity index (χ1v) is 4.16. The van der Waals surface area contributed by atoms with Crippen LogP contribution in [0, 0.1) is 5.92 Å². The van der Waals surface area contributed by atoms with E-state index >= 15 is 0 Å². The molecule has 0 aliphatic carbocycles. The minimum atomic E-state index is -0.957. The zero-order valence-electron chi connectivity index (χ0n) is 7.23. The van der Waals surface area contributed by atoms with Gasteiger partial charge in [0, 0.05) is 6.42 Å². The van der Waals surface area contributed by atoms with Crippen molar-refractivity contribution in [2.24, 2.45) is 5.92 Å². The third-order valence-corrected chi connectivity index (χ3v) is 2.01. The van der Waals surface area contributed by atoms with E-state index in [0.29, 0.717) is 12.8 Å². The molecule has 0 spiro atoms. The third-order valence-electron chi connectivity index (χ3n) is 2.01. The maximum absolute atomic E-state index is 11.1. The number of rotatable bonds is 4. The zero-order valence-corrected chi connectivity index (χ0v) is 7.23. The minimum absolute atomic E-state index is 0.132. The maximum atomic E-state index is 11.1. The smallest absolute Gasteiger partial charge is 0.309 e. The van der Waals surface area contributed by atoms with Gasteiger partial charge in [-0.3, -0.25) is 9.59 Å². The van der Waals surface area contributed by atoms with Gasteiger partial charge in [-0.1, -0.05) is 6.08 Å². The molecule has 2 atom stereocenters. The number of carbonyl (C=O) groups excluding carboxylic acids is 1. The van der Waals surface area contributed by atoms with E-state index in [1.165, 1.54) is 0 Å². The van der Waals surface area contributed by atoms with Gasteiger partial charge in [0.1, 0.15) is 6.10 Å². The van der Waals surface area contributed by atoms with Crippen LogP contribution in [0.3, 0.4) is 0 Å². The first kappa shape index (κ1) is 9.77. The Morgan fingerprint density at radius 3 is 3.00 bits per heavy atom. The fraction of sp³-hybridized carbons (Fsp3) is 0.556. The number of carboxylic acids is 1. The Balaban J connectivity index is 2.46. The lowest BCUT2D eigenvalue weighted by Gasteiger charge is -2.02. The highest BCUT2D eigenvalue weighted by Crippen LogP contribution is 2.25. The number of aliphatic carboxylic acids is 1. The fourth-order valence-electron chi connectivity index (χ4n) is 1.43. The average molecular weight is 184 g/mol. The maximum Gasteiger partial charge on any atom is 0.309 e. The van der Waals surface area contributed by atoms with Gasteiger partial charge in [-0.05, 0) is 6.42 Å². The number of carbonyl (C=O) groups is 2. The van der Waals surface area contributed by atoms with Crippen LogP contribution in [0.1, 0.15) is 19.3 Å². The molecule has 0 aromatic heterocycles. The highest BCUT2D eigenvalue weighted by Gasteiger charge is 2.34. The van der Waals surface area contributed by atoms with Crippen LogP contribution in [-0.2, 0) is 14.3 Å². The number of esters is 1. The van der Waals surface area contributed by atoms with Crippen LogP contribution >= 0.6 is 0 Å². The van der Waals surface area contributed by atoms with Crippen molar-refractivity contribution in [3.8, 4) is 0 Å². The summed E-state index contributed by atoms with van der Waals surface area (Å²) >= 11 is 0. The van der Waals surface area contributed by atoms with E-state index < -0.39 is 17.9 Å². The van der Waals surface area contributed by atoms with Crippen molar-refractivity contribution < 1.29 is 19.4 Å². The number of ether oxygens (including phenoxy) is 1. The second kappa shape index (κ2) is 4.07. The summed E-state index contributed by atoms with van der Waals surface area (Å²) in [5.41, 5.74) is 0. The van der Waals surface area contributed by atoms with Crippen molar-refractivity contribution in [3.63, 3.8) is 0 Å². The van der Waals surface area contributed by atoms with Gasteiger partial charge in [0.05, 0.1) is 12.3 Å². The van der Waals surface area contributed by atoms with Crippen LogP contribution in [0.25, 0.3) is 0 Å². The van der Waals surface area contributed by atoms with Crippen LogP contribution in [0.2, 0.25) is 0 Å². The van der Waals surface area contributed by atoms with Crippen molar-refractivity contribution >= 4 is 11.9 Å². The summed E-state index contributed by atoms with van der Waals surface area (Å²) in [6.07, 6.45) is 2.46. The Kier molecular flexibility index (Phi) is 3.06. The molecular formula is C9H12O4. The summed E-state index contributed by atoms with van der Waals surface area (Å²) < 4.78 is 4.94. The van der Waals surface area contributed by atoms with Crippen LogP contribution in [0.15, 0.2) is 12.7 Å². The molecule has 1 heterocycles. The van der Waals surface area contributed by atoms with Crippen LogP contribution in [-0.4, -0.2) is 23.1 Å². The predicted octanol–water partition coefficient (Wildman–Crippen LogP) is 0.969. The molecule has 1 aliphatic heterocycles. The van der Waals surface area contributed by atoms with E-state index in [9.17, 15) is 9.59 Å². The minimum Gasteiger partial charge on any atom is -0.481 e. The summed E-state index contributed by atoms with van der Waals surface area (Å²) in [6, 6.07) is 0. The van der Waals surface area contributed by atoms with Crippen LogP contribution in [0.5, 0.6) is 0 Å². The van der Waals surface area contributed by atoms with Crippen molar-refractivity contribution in [3.05, 3.63) is 12.7 Å². The lowest BCUT2D eigenvalue weighted by Crippen LogP contribution is -2.12. The first-order chi connectivity index (χ1) is 6.13. The van der Waals surface area contributed by atoms with Crippen molar-refractivity contribution in [2.45, 2.75) is 25.4 Å². The van der Waals surface area contributed by atoms with E-state index in [4.69, 9.17) is 9.84 Å². The molecule has 2 unspecified atom stereocenters. The molecule has 1 fully saturated rings. The highest BCUT2D eigenvalue weighted by atomic mass is 16.6. The lowest BCUT2D eigenvalue weighted by atomic mass is 10.0. The second-order valence-corrected chi connectivity index (χ2v) is 3.11. The van der Waals surface area contributed by atoms with E-state index in [1.54, 1.807) is 6.08 Å². The molecular weight excluding hydrogens is 172 g/mol. The third kappa shape index (κ3) is 2.57. The SMILES string of the molecule is C=CCC1CC(CC(=O)O)C(=O)O1. The standard InChI is InChI=1S/C9H12O4/c1-2-3-7-4-6(5-8(10)11)9(12)13-7/h2,6-7H,1,3-5H2,(H,10,11). The average Bonchev–Trinajstić information content (AvgIpc) is 2.31. The summed E-state index contributed by atoms with van der Waals surface area (Å²) in [5, 5.41) is 8.48. The Morgan fingerprint density at radius 2 is 2.46 bits per heavy atom. The van der Waals surface area contributed by atoms with E-state index in [-0.39, 0.29) is 12.5 Å². The Morgan fingerprint density at radius 1 is 1.77 bits per heavy atom. The Hall–Kier alpha value is -1.32. The van der Waals surface area contributed by atoms with E-state index in [1.807, 2.05) is 0 Å². The van der Waals surface area contributed by atoms with E-state index in [2.05, 4.69) is 6.58 Å². The Bertz CT molecular complexity index is 234. The van der Waals surface area contributed by atoms with Gasteiger partial charge in [-0.25, -0.2) is 0 Å². The molecule has 1 saturated heterocycles. The lowest BCUT2D eigenvalue weighted by molar-refractivity contribution is -0.148. The fourth-order valence-corrected chi connectivity index (χ4v) is 1.43. The van der Waals surface area contributed by atoms with E-state index in [0.717, 1.165) is 0 Å². The molecule has 0 aromatic rings. The molecule has 0 aromatic carbocycles. The van der Waals surface area contributed by atoms with Gasteiger partial charge >= 0.3 is 11.9 Å². The molecule has 1 rings (SSSR count). The van der Waals surface area contributed by atoms with Gasteiger partial charge in [-0.15, -0.1) is 6.58 Å². The molecule has 13 heavy (non-hydrogen) atoms. The molecule has 4 nitrogen and oxygen atoms in total. The number of hydrogen-bond donors (Lipinski definition) is 1. The Labute approximate surface area is 76.2 Å². The molecule has 4 heteroatoms. The van der Waals surface area contributed by atoms with Crippen molar-refractivity contribution in [2.75, 3.05) is 0 Å². The topological polar surface area (TPSA) is 63.6 Å². The van der Waals surface area contributed by atoms with Crippen LogP contribution in [0.4, 0.5) is 0 Å². The molecule has 0 radical (unpaired) electrons. The number of cyclic esters (lactones) is 1. The monoisotopic (exact) mass is 184 g/mol. The molecule has 0 bridgehead atoms. The largest absolute Gasteiger partial charge is 0.481 e. The summed E-state index contributed by atoms with van der Waals surface area (Å²) in [4.78, 5) is 21.4. The number of carboxylic acid groups (broad SMARTS) is 1. The van der Waals surface area contributed by atoms with Gasteiger partial charge in [0.25, 0.3) is 0 Å². The van der Waals surface area contributed by atoms with Crippen molar-refractivity contribution in [1.29, 1.82) is 0 Å². The van der Waals surface area contributed by atoms with Gasteiger partial charge in [0.2, 0.25) is 0 Å². The number of hydrogen-bond acceptors (Lipinski definition) is 3. The molecule has 1 N–H and O–H groups in total. The molecule has 0 saturated carbocycles. The summed E-state index contributed by atoms with van der Waals surface area (Å²) in [6.45, 7) is 3.53. The van der Waals surface area contributed by atoms with Gasteiger partial charge in [-0.2, -0.15) is 0 Å². The predicted molar refractivity (Wildman–Crippen MR) is 45.1 cm³/mol.